The minimum atomic E-state index is -3.79. The van der Waals surface area contributed by atoms with Gasteiger partial charge in [-0.15, -0.1) is 11.6 Å². The molecule has 0 nitrogen and oxygen atoms in total. The Labute approximate surface area is 69.8 Å². The molecule has 0 bridgehead atoms. The molecule has 1 rings (SSSR count). The lowest BCUT2D eigenvalue weighted by molar-refractivity contribution is 0.0411. The third kappa shape index (κ3) is 1.12. The van der Waals surface area contributed by atoms with Gasteiger partial charge in [-0.25, -0.2) is 8.78 Å². The average Bonchev–Trinajstić information content (AvgIpc) is 2.06. The van der Waals surface area contributed by atoms with E-state index in [4.69, 9.17) is 23.2 Å². The molecule has 0 radical (unpaired) electrons. The molecule has 2 atom stereocenters. The lowest BCUT2D eigenvalue weighted by Gasteiger charge is -2.13. The summed E-state index contributed by atoms with van der Waals surface area (Å²) in [4.78, 5) is 0. The molecular weight excluding hydrogens is 207 g/mol. The quantitative estimate of drug-likeness (QED) is 0.424. The Morgan fingerprint density at radius 2 is 1.82 bits per heavy atom. The molecule has 0 N–H and O–H groups in total. The Morgan fingerprint density at radius 3 is 1.91 bits per heavy atom. The first-order chi connectivity index (χ1) is 4.89. The molecule has 0 aromatic rings. The molecule has 0 aromatic carbocycles. The van der Waals surface area contributed by atoms with Crippen LogP contribution >= 0.6 is 23.2 Å². The van der Waals surface area contributed by atoms with Crippen LogP contribution in [-0.2, 0) is 0 Å². The van der Waals surface area contributed by atoms with E-state index in [9.17, 15) is 17.6 Å². The van der Waals surface area contributed by atoms with Crippen molar-refractivity contribution >= 4 is 23.2 Å². The van der Waals surface area contributed by atoms with Crippen molar-refractivity contribution in [2.24, 2.45) is 0 Å². The minimum Gasteiger partial charge on any atom is -0.238 e. The van der Waals surface area contributed by atoms with Crippen LogP contribution in [0.4, 0.5) is 17.6 Å². The maximum atomic E-state index is 12.4. The third-order valence-electron chi connectivity index (χ3n) is 1.35. The van der Waals surface area contributed by atoms with Gasteiger partial charge in [-0.1, -0.05) is 11.6 Å². The molecule has 1 aliphatic rings. The van der Waals surface area contributed by atoms with Crippen LogP contribution < -0.4 is 0 Å². The van der Waals surface area contributed by atoms with Gasteiger partial charge in [0, 0.05) is 0 Å². The van der Waals surface area contributed by atoms with Crippen LogP contribution in [0.25, 0.3) is 0 Å². The fraction of sp³-hybridized carbons (Fsp3) is 0.600. The fourth-order valence-corrected chi connectivity index (χ4v) is 1.21. The highest BCUT2D eigenvalue weighted by Crippen LogP contribution is 2.47. The van der Waals surface area contributed by atoms with Crippen LogP contribution in [0, 0.1) is 0 Å². The third-order valence-corrected chi connectivity index (χ3v) is 2.28. The molecule has 2 unspecified atom stereocenters. The molecule has 0 spiro atoms. The molecule has 11 heavy (non-hydrogen) atoms. The number of halogens is 6. The van der Waals surface area contributed by atoms with Crippen molar-refractivity contribution < 1.29 is 17.6 Å². The van der Waals surface area contributed by atoms with Crippen molar-refractivity contribution in [3.63, 3.8) is 0 Å². The van der Waals surface area contributed by atoms with Gasteiger partial charge in [-0.3, -0.25) is 0 Å². The minimum absolute atomic E-state index is 1.43. The number of allylic oxidation sites excluding steroid dienone is 2. The highest BCUT2D eigenvalue weighted by molar-refractivity contribution is 6.33. The Hall–Kier alpha value is 0.0400. The van der Waals surface area contributed by atoms with E-state index in [1.54, 1.807) is 0 Å². The number of hydrogen-bond donors (Lipinski definition) is 0. The van der Waals surface area contributed by atoms with Crippen LogP contribution in [0.2, 0.25) is 0 Å². The van der Waals surface area contributed by atoms with Gasteiger partial charge in [-0.05, 0) is 0 Å². The Kier molecular flexibility index (Phi) is 2.09. The van der Waals surface area contributed by atoms with Gasteiger partial charge < -0.3 is 0 Å². The van der Waals surface area contributed by atoms with Crippen molar-refractivity contribution in [3.05, 3.63) is 10.9 Å². The maximum absolute atomic E-state index is 12.4. The maximum Gasteiger partial charge on any atom is 0.305 e. The zero-order valence-electron chi connectivity index (χ0n) is 4.92. The summed E-state index contributed by atoms with van der Waals surface area (Å²) in [6.45, 7) is 0. The summed E-state index contributed by atoms with van der Waals surface area (Å²) in [5.74, 6) is -5.45. The Bertz CT molecular complexity index is 213. The first kappa shape index (κ1) is 9.13. The molecule has 1 aliphatic carbocycles. The second-order valence-corrected chi connectivity index (χ2v) is 2.94. The average molecular weight is 209 g/mol. The van der Waals surface area contributed by atoms with E-state index < -0.39 is 28.3 Å². The summed E-state index contributed by atoms with van der Waals surface area (Å²) >= 11 is 9.63. The van der Waals surface area contributed by atoms with Gasteiger partial charge in [-0.2, -0.15) is 8.78 Å². The van der Waals surface area contributed by atoms with E-state index in [1.807, 2.05) is 0 Å². The summed E-state index contributed by atoms with van der Waals surface area (Å²) in [7, 11) is 0. The normalized spacial score (nSPS) is 36.5. The molecular formula is C5H2Cl2F4. The summed E-state index contributed by atoms with van der Waals surface area (Å²) in [5, 5.41) is -3.65. The largest absolute Gasteiger partial charge is 0.305 e. The Morgan fingerprint density at radius 1 is 1.36 bits per heavy atom. The van der Waals surface area contributed by atoms with Crippen molar-refractivity contribution in [1.29, 1.82) is 0 Å². The molecule has 0 saturated carbocycles. The van der Waals surface area contributed by atoms with Crippen LogP contribution in [0.3, 0.4) is 0 Å². The monoisotopic (exact) mass is 208 g/mol. The van der Waals surface area contributed by atoms with Crippen molar-refractivity contribution in [3.8, 4) is 0 Å². The lowest BCUT2D eigenvalue weighted by atomic mass is 10.3. The van der Waals surface area contributed by atoms with Gasteiger partial charge in [0.1, 0.15) is 10.4 Å². The molecule has 0 amide bonds. The van der Waals surface area contributed by atoms with E-state index in [2.05, 4.69) is 0 Å². The van der Waals surface area contributed by atoms with Crippen LogP contribution in [0.15, 0.2) is 10.9 Å². The molecule has 0 aliphatic heterocycles. The predicted molar refractivity (Wildman–Crippen MR) is 33.5 cm³/mol. The number of alkyl halides is 4. The van der Waals surface area contributed by atoms with E-state index in [-0.39, 0.29) is 0 Å². The SMILES string of the molecule is FC1=C(Cl)C(F)(F)C(Cl)C1F. The van der Waals surface area contributed by atoms with Crippen LogP contribution in [0.1, 0.15) is 0 Å². The second-order valence-electron chi connectivity index (χ2n) is 2.09. The van der Waals surface area contributed by atoms with Crippen molar-refractivity contribution in [2.75, 3.05) is 0 Å². The zero-order valence-corrected chi connectivity index (χ0v) is 6.43. The summed E-state index contributed by atoms with van der Waals surface area (Å²) in [6.07, 6.45) is -2.50. The van der Waals surface area contributed by atoms with Crippen molar-refractivity contribution in [2.45, 2.75) is 17.5 Å². The number of hydrogen-bond acceptors (Lipinski definition) is 0. The van der Waals surface area contributed by atoms with Gasteiger partial charge in [0.05, 0.1) is 0 Å². The predicted octanol–water partition coefficient (Wildman–Crippen LogP) is 3.00. The molecule has 0 aromatic heterocycles. The highest BCUT2D eigenvalue weighted by Gasteiger charge is 2.56. The van der Waals surface area contributed by atoms with Gasteiger partial charge >= 0.3 is 5.92 Å². The molecule has 0 fully saturated rings. The number of rotatable bonds is 0. The van der Waals surface area contributed by atoms with E-state index in [0.29, 0.717) is 0 Å². The topological polar surface area (TPSA) is 0 Å². The highest BCUT2D eigenvalue weighted by atomic mass is 35.5. The molecule has 0 saturated heterocycles. The van der Waals surface area contributed by atoms with Crippen molar-refractivity contribution in [1.82, 2.24) is 0 Å². The first-order valence-corrected chi connectivity index (χ1v) is 3.42. The van der Waals surface area contributed by atoms with Crippen LogP contribution in [0.5, 0.6) is 0 Å². The second kappa shape index (κ2) is 2.52. The van der Waals surface area contributed by atoms with E-state index in [1.165, 1.54) is 0 Å². The molecule has 6 heteroatoms. The summed E-state index contributed by atoms with van der Waals surface area (Å²) in [6, 6.07) is 0. The smallest absolute Gasteiger partial charge is 0.238 e. The first-order valence-electron chi connectivity index (χ1n) is 2.60. The van der Waals surface area contributed by atoms with Gasteiger partial charge in [0.25, 0.3) is 0 Å². The zero-order chi connectivity index (χ0) is 8.81. The van der Waals surface area contributed by atoms with Gasteiger partial charge in [0.15, 0.2) is 12.0 Å². The molecule has 64 valence electrons. The molecule has 0 heterocycles. The van der Waals surface area contributed by atoms with Crippen LogP contribution in [-0.4, -0.2) is 17.5 Å². The fourth-order valence-electron chi connectivity index (χ4n) is 0.714. The summed E-state index contributed by atoms with van der Waals surface area (Å²) < 4.78 is 49.5. The van der Waals surface area contributed by atoms with E-state index in [0.717, 1.165) is 0 Å². The van der Waals surface area contributed by atoms with E-state index >= 15 is 0 Å². The lowest BCUT2D eigenvalue weighted by Crippen LogP contribution is -2.29. The standard InChI is InChI=1S/C5H2Cl2F4/c6-3-1(8)2(9)4(7)5(3,10)11/h1,3H. The van der Waals surface area contributed by atoms with Gasteiger partial charge in [0.2, 0.25) is 0 Å². The summed E-state index contributed by atoms with van der Waals surface area (Å²) in [5.41, 5.74) is 0. The Balaban J connectivity index is 3.06.